The largest absolute Gasteiger partial charge is 0.394 e. The first-order valence-electron chi connectivity index (χ1n) is 5.29. The lowest BCUT2D eigenvalue weighted by atomic mass is 10.2. The zero-order chi connectivity index (χ0) is 12.4. The molecule has 94 valence electrons. The first-order chi connectivity index (χ1) is 8.13. The van der Waals surface area contributed by atoms with Crippen molar-refractivity contribution in [2.75, 3.05) is 23.1 Å². The summed E-state index contributed by atoms with van der Waals surface area (Å²) in [5, 5.41) is 10.3. The quantitative estimate of drug-likeness (QED) is 0.382. The Morgan fingerprint density at radius 1 is 1.41 bits per heavy atom. The summed E-state index contributed by atoms with van der Waals surface area (Å²) in [6.45, 7) is -0.0221. The van der Waals surface area contributed by atoms with E-state index in [1.807, 2.05) is 0 Å². The van der Waals surface area contributed by atoms with Crippen LogP contribution in [0.2, 0.25) is 0 Å². The van der Waals surface area contributed by atoms with Crippen LogP contribution in [-0.4, -0.2) is 34.0 Å². The van der Waals surface area contributed by atoms with Crippen molar-refractivity contribution in [1.29, 1.82) is 0 Å². The monoisotopic (exact) mass is 240 g/mol. The van der Waals surface area contributed by atoms with Crippen molar-refractivity contribution in [2.45, 2.75) is 25.2 Å². The average Bonchev–Trinajstić information content (AvgIpc) is 2.80. The maximum absolute atomic E-state index is 8.98. The summed E-state index contributed by atoms with van der Waals surface area (Å²) in [5.74, 6) is 6.40. The Balaban J connectivity index is 2.15. The standard InChI is InChI=1S/C9H16N6O2/c10-7-8(11)13-4-14-9(7)15(12)6-2-1-5(3-16)17-6/h4-6,16H,1-3,10,12H2,(H2,11,13,14). The van der Waals surface area contributed by atoms with Crippen LogP contribution in [0.3, 0.4) is 0 Å². The van der Waals surface area contributed by atoms with Crippen LogP contribution in [0.15, 0.2) is 6.33 Å². The lowest BCUT2D eigenvalue weighted by Gasteiger charge is -2.25. The van der Waals surface area contributed by atoms with Crippen LogP contribution in [0.4, 0.5) is 17.3 Å². The third-order valence-corrected chi connectivity index (χ3v) is 2.74. The van der Waals surface area contributed by atoms with Crippen molar-refractivity contribution >= 4 is 17.3 Å². The first kappa shape index (κ1) is 11.8. The summed E-state index contributed by atoms with van der Waals surface area (Å²) in [7, 11) is 0. The smallest absolute Gasteiger partial charge is 0.173 e. The molecule has 8 nitrogen and oxygen atoms in total. The molecule has 2 rings (SSSR count). The number of hydrazine groups is 1. The molecule has 0 bridgehead atoms. The van der Waals surface area contributed by atoms with Gasteiger partial charge in [0.25, 0.3) is 0 Å². The maximum atomic E-state index is 8.98. The SMILES string of the molecule is Nc1ncnc(N(N)C2CCC(CO)O2)c1N. The van der Waals surface area contributed by atoms with Gasteiger partial charge >= 0.3 is 0 Å². The number of aliphatic hydroxyl groups excluding tert-OH is 1. The van der Waals surface area contributed by atoms with Crippen molar-refractivity contribution in [1.82, 2.24) is 9.97 Å². The molecule has 1 aromatic heterocycles. The fourth-order valence-electron chi connectivity index (χ4n) is 1.77. The number of aromatic nitrogens is 2. The van der Waals surface area contributed by atoms with Crippen LogP contribution in [0, 0.1) is 0 Å². The predicted molar refractivity (Wildman–Crippen MR) is 62.5 cm³/mol. The number of hydrogen-bond acceptors (Lipinski definition) is 8. The molecule has 0 spiro atoms. The third-order valence-electron chi connectivity index (χ3n) is 2.74. The molecule has 1 fully saturated rings. The molecule has 0 saturated carbocycles. The zero-order valence-corrected chi connectivity index (χ0v) is 9.28. The van der Waals surface area contributed by atoms with E-state index >= 15 is 0 Å². The second-order valence-electron chi connectivity index (χ2n) is 3.88. The number of aliphatic hydroxyl groups is 1. The molecule has 0 aromatic carbocycles. The summed E-state index contributed by atoms with van der Waals surface area (Å²) in [6, 6.07) is 0. The van der Waals surface area contributed by atoms with Gasteiger partial charge in [0.2, 0.25) is 0 Å². The van der Waals surface area contributed by atoms with Gasteiger partial charge in [-0.2, -0.15) is 0 Å². The summed E-state index contributed by atoms with van der Waals surface area (Å²) >= 11 is 0. The highest BCUT2D eigenvalue weighted by atomic mass is 16.5. The van der Waals surface area contributed by atoms with E-state index < -0.39 is 0 Å². The minimum Gasteiger partial charge on any atom is -0.394 e. The summed E-state index contributed by atoms with van der Waals surface area (Å²) in [4.78, 5) is 7.73. The Morgan fingerprint density at radius 2 is 2.18 bits per heavy atom. The summed E-state index contributed by atoms with van der Waals surface area (Å²) < 4.78 is 5.52. The van der Waals surface area contributed by atoms with Crippen molar-refractivity contribution < 1.29 is 9.84 Å². The molecule has 0 radical (unpaired) electrons. The van der Waals surface area contributed by atoms with Crippen LogP contribution in [-0.2, 0) is 4.74 Å². The summed E-state index contributed by atoms with van der Waals surface area (Å²) in [6.07, 6.45) is 2.19. The van der Waals surface area contributed by atoms with Gasteiger partial charge in [0.15, 0.2) is 11.6 Å². The van der Waals surface area contributed by atoms with E-state index in [0.717, 1.165) is 6.42 Å². The predicted octanol–water partition coefficient (Wildman–Crippen LogP) is -1.18. The third kappa shape index (κ3) is 2.23. The number of nitrogen functional groups attached to an aromatic ring is 2. The second-order valence-corrected chi connectivity index (χ2v) is 3.88. The number of nitrogens with zero attached hydrogens (tertiary/aromatic N) is 3. The lowest BCUT2D eigenvalue weighted by Crippen LogP contribution is -2.42. The summed E-state index contributed by atoms with van der Waals surface area (Å²) in [5.41, 5.74) is 11.5. The Kier molecular flexibility index (Phi) is 3.27. The lowest BCUT2D eigenvalue weighted by molar-refractivity contribution is 0.0103. The van der Waals surface area contributed by atoms with Gasteiger partial charge in [-0.3, -0.25) is 5.01 Å². The van der Waals surface area contributed by atoms with Crippen LogP contribution in [0.1, 0.15) is 12.8 Å². The fourth-order valence-corrected chi connectivity index (χ4v) is 1.77. The van der Waals surface area contributed by atoms with E-state index in [-0.39, 0.29) is 30.4 Å². The molecule has 2 atom stereocenters. The van der Waals surface area contributed by atoms with E-state index in [4.69, 9.17) is 27.2 Å². The molecule has 17 heavy (non-hydrogen) atoms. The Labute approximate surface area is 98.3 Å². The number of ether oxygens (including phenoxy) is 1. The molecular weight excluding hydrogens is 224 g/mol. The van der Waals surface area contributed by atoms with Crippen molar-refractivity contribution in [3.05, 3.63) is 6.33 Å². The second kappa shape index (κ2) is 4.70. The zero-order valence-electron chi connectivity index (χ0n) is 9.28. The first-order valence-corrected chi connectivity index (χ1v) is 5.29. The highest BCUT2D eigenvalue weighted by Gasteiger charge is 2.30. The molecule has 8 heteroatoms. The maximum Gasteiger partial charge on any atom is 0.173 e. The van der Waals surface area contributed by atoms with Crippen molar-refractivity contribution in [3.8, 4) is 0 Å². The van der Waals surface area contributed by atoms with Gasteiger partial charge in [0.05, 0.1) is 12.7 Å². The van der Waals surface area contributed by atoms with Gasteiger partial charge in [-0.1, -0.05) is 0 Å². The van der Waals surface area contributed by atoms with Crippen LogP contribution >= 0.6 is 0 Å². The molecule has 1 aliphatic heterocycles. The van der Waals surface area contributed by atoms with E-state index in [0.29, 0.717) is 12.2 Å². The Bertz CT molecular complexity index is 401. The van der Waals surface area contributed by atoms with Gasteiger partial charge in [-0.05, 0) is 12.8 Å². The highest BCUT2D eigenvalue weighted by molar-refractivity contribution is 5.72. The number of rotatable bonds is 3. The highest BCUT2D eigenvalue weighted by Crippen LogP contribution is 2.28. The van der Waals surface area contributed by atoms with Crippen LogP contribution in [0.25, 0.3) is 0 Å². The van der Waals surface area contributed by atoms with Gasteiger partial charge in [-0.15, -0.1) is 0 Å². The number of nitrogens with two attached hydrogens (primary N) is 3. The molecule has 0 aliphatic carbocycles. The van der Waals surface area contributed by atoms with E-state index in [1.165, 1.54) is 11.3 Å². The topological polar surface area (TPSA) is 137 Å². The fraction of sp³-hybridized carbons (Fsp3) is 0.556. The van der Waals surface area contributed by atoms with Crippen LogP contribution in [0.5, 0.6) is 0 Å². The Hall–Kier alpha value is -1.64. The molecule has 7 N–H and O–H groups in total. The van der Waals surface area contributed by atoms with Crippen LogP contribution < -0.4 is 22.3 Å². The van der Waals surface area contributed by atoms with E-state index in [1.54, 1.807) is 0 Å². The van der Waals surface area contributed by atoms with Gasteiger partial charge < -0.3 is 21.3 Å². The van der Waals surface area contributed by atoms with Gasteiger partial charge in [-0.25, -0.2) is 15.8 Å². The molecule has 0 amide bonds. The molecule has 2 heterocycles. The van der Waals surface area contributed by atoms with Crippen molar-refractivity contribution in [2.24, 2.45) is 5.84 Å². The van der Waals surface area contributed by atoms with Gasteiger partial charge in [0.1, 0.15) is 18.2 Å². The normalized spacial score (nSPS) is 23.9. The molecule has 2 unspecified atom stereocenters. The molecule has 1 aromatic rings. The minimum atomic E-state index is -0.358. The Morgan fingerprint density at radius 3 is 2.82 bits per heavy atom. The average molecular weight is 240 g/mol. The molecule has 1 aliphatic rings. The van der Waals surface area contributed by atoms with Gasteiger partial charge in [0, 0.05) is 0 Å². The number of hydrogen-bond donors (Lipinski definition) is 4. The van der Waals surface area contributed by atoms with Crippen molar-refractivity contribution in [3.63, 3.8) is 0 Å². The van der Waals surface area contributed by atoms with E-state index in [2.05, 4.69) is 9.97 Å². The van der Waals surface area contributed by atoms with E-state index in [9.17, 15) is 0 Å². The molecule has 1 saturated heterocycles. The number of anilines is 3. The minimum absolute atomic E-state index is 0.0221. The molecular formula is C9H16N6O2.